The number of amides is 2. The van der Waals surface area contributed by atoms with Crippen LogP contribution in [0.3, 0.4) is 0 Å². The zero-order valence-electron chi connectivity index (χ0n) is 17.0. The lowest BCUT2D eigenvalue weighted by molar-refractivity contribution is -1.00. The predicted molar refractivity (Wildman–Crippen MR) is 116 cm³/mol. The van der Waals surface area contributed by atoms with Crippen LogP contribution in [0.2, 0.25) is 5.02 Å². The number of rotatable bonds is 6. The van der Waals surface area contributed by atoms with Gasteiger partial charge in [0.1, 0.15) is 26.2 Å². The van der Waals surface area contributed by atoms with Gasteiger partial charge in [-0.1, -0.05) is 35.9 Å². The maximum absolute atomic E-state index is 12.5. The van der Waals surface area contributed by atoms with Gasteiger partial charge >= 0.3 is 0 Å². The molecule has 6 nitrogen and oxygen atoms in total. The Morgan fingerprint density at radius 2 is 1.38 bits per heavy atom. The van der Waals surface area contributed by atoms with Crippen LogP contribution in [0.4, 0.5) is 11.4 Å². The maximum Gasteiger partial charge on any atom is 0.279 e. The van der Waals surface area contributed by atoms with Gasteiger partial charge in [-0.05, 0) is 43.2 Å². The minimum atomic E-state index is -0.0153. The van der Waals surface area contributed by atoms with Gasteiger partial charge in [0.05, 0.1) is 0 Å². The van der Waals surface area contributed by atoms with Crippen molar-refractivity contribution in [2.24, 2.45) is 0 Å². The molecule has 7 heteroatoms. The first-order valence-electron chi connectivity index (χ1n) is 9.99. The number of anilines is 2. The lowest BCUT2D eigenvalue weighted by atomic mass is 10.1. The number of quaternary nitrogens is 2. The lowest BCUT2D eigenvalue weighted by Gasteiger charge is -2.29. The molecule has 1 aliphatic rings. The average Bonchev–Trinajstić information content (AvgIpc) is 2.66. The monoisotopic (exact) mass is 416 g/mol. The van der Waals surface area contributed by atoms with E-state index in [-0.39, 0.29) is 11.8 Å². The number of aryl methyl sites for hydroxylation is 2. The van der Waals surface area contributed by atoms with E-state index in [2.05, 4.69) is 10.6 Å². The smallest absolute Gasteiger partial charge is 0.279 e. The highest BCUT2D eigenvalue weighted by Crippen LogP contribution is 2.19. The van der Waals surface area contributed by atoms with E-state index >= 15 is 0 Å². The van der Waals surface area contributed by atoms with Crippen molar-refractivity contribution in [1.82, 2.24) is 0 Å². The molecule has 1 fully saturated rings. The van der Waals surface area contributed by atoms with Crippen molar-refractivity contribution >= 4 is 34.8 Å². The van der Waals surface area contributed by atoms with E-state index < -0.39 is 0 Å². The number of carbonyl (C=O) groups excluding carboxylic acids is 2. The summed E-state index contributed by atoms with van der Waals surface area (Å²) in [6, 6.07) is 13.2. The summed E-state index contributed by atoms with van der Waals surface area (Å²) in [5.74, 6) is 0.0260. The van der Waals surface area contributed by atoms with Gasteiger partial charge in [0.25, 0.3) is 11.8 Å². The van der Waals surface area contributed by atoms with Crippen molar-refractivity contribution in [3.05, 3.63) is 58.6 Å². The third-order valence-corrected chi connectivity index (χ3v) is 5.57. The van der Waals surface area contributed by atoms with Crippen molar-refractivity contribution in [3.8, 4) is 0 Å². The minimum Gasteiger partial charge on any atom is -0.321 e. The Balaban J connectivity index is 1.42. The Bertz CT molecular complexity index is 859. The number of para-hydroxylation sites is 1. The summed E-state index contributed by atoms with van der Waals surface area (Å²) in [6.07, 6.45) is 0. The van der Waals surface area contributed by atoms with E-state index in [1.165, 1.54) is 9.80 Å². The van der Waals surface area contributed by atoms with Crippen LogP contribution in [-0.2, 0) is 9.59 Å². The summed E-state index contributed by atoms with van der Waals surface area (Å²) in [6.45, 7) is 8.38. The number of nitrogens with one attached hydrogen (secondary N) is 4. The Hall–Kier alpha value is -2.41. The molecule has 154 valence electrons. The molecule has 1 heterocycles. The van der Waals surface area contributed by atoms with Crippen LogP contribution in [0.5, 0.6) is 0 Å². The van der Waals surface area contributed by atoms with Crippen LogP contribution in [-0.4, -0.2) is 51.1 Å². The van der Waals surface area contributed by atoms with Crippen molar-refractivity contribution < 1.29 is 19.4 Å². The SMILES string of the molecule is Cc1cccc(C)c1NC(=O)C[NH+]1CC[NH+](CC(=O)Nc2cccc(Cl)c2)CC1. The number of hydrogen-bond donors (Lipinski definition) is 4. The van der Waals surface area contributed by atoms with Crippen molar-refractivity contribution in [2.45, 2.75) is 13.8 Å². The molecule has 0 saturated carbocycles. The molecule has 4 N–H and O–H groups in total. The predicted octanol–water partition coefficient (Wildman–Crippen LogP) is 0.317. The number of hydrogen-bond acceptors (Lipinski definition) is 2. The number of carbonyl (C=O) groups is 2. The third kappa shape index (κ3) is 6.29. The normalized spacial score (nSPS) is 18.9. The minimum absolute atomic E-state index is 0.0153. The molecule has 3 rings (SSSR count). The van der Waals surface area contributed by atoms with Crippen LogP contribution in [0, 0.1) is 13.8 Å². The molecule has 0 spiro atoms. The largest absolute Gasteiger partial charge is 0.321 e. The second-order valence-corrected chi connectivity index (χ2v) is 8.16. The summed E-state index contributed by atoms with van der Waals surface area (Å²) in [7, 11) is 0. The Morgan fingerprint density at radius 1 is 0.862 bits per heavy atom. The first kappa shape index (κ1) is 21.3. The zero-order valence-corrected chi connectivity index (χ0v) is 17.7. The van der Waals surface area contributed by atoms with Gasteiger partial charge in [-0.2, -0.15) is 0 Å². The van der Waals surface area contributed by atoms with Gasteiger partial charge in [0.2, 0.25) is 0 Å². The lowest BCUT2D eigenvalue weighted by Crippen LogP contribution is -3.28. The molecule has 0 atom stereocenters. The quantitative estimate of drug-likeness (QED) is 0.548. The highest BCUT2D eigenvalue weighted by molar-refractivity contribution is 6.30. The molecule has 1 aliphatic heterocycles. The highest BCUT2D eigenvalue weighted by Gasteiger charge is 2.26. The number of benzene rings is 2. The van der Waals surface area contributed by atoms with E-state index in [0.717, 1.165) is 43.0 Å². The van der Waals surface area contributed by atoms with E-state index in [0.29, 0.717) is 23.8 Å². The van der Waals surface area contributed by atoms with Crippen molar-refractivity contribution in [1.29, 1.82) is 0 Å². The van der Waals surface area contributed by atoms with Gasteiger partial charge in [-0.25, -0.2) is 0 Å². The molecule has 0 aromatic heterocycles. The fraction of sp³-hybridized carbons (Fsp3) is 0.364. The number of halogens is 1. The second-order valence-electron chi connectivity index (χ2n) is 7.73. The fourth-order valence-electron chi connectivity index (χ4n) is 3.73. The molecule has 1 saturated heterocycles. The molecule has 0 radical (unpaired) electrons. The van der Waals surface area contributed by atoms with Crippen LogP contribution in [0.1, 0.15) is 11.1 Å². The summed E-state index contributed by atoms with van der Waals surface area (Å²) in [5, 5.41) is 6.56. The fourth-order valence-corrected chi connectivity index (χ4v) is 3.92. The molecule has 2 aromatic carbocycles. The first-order valence-corrected chi connectivity index (χ1v) is 10.4. The summed E-state index contributed by atoms with van der Waals surface area (Å²) in [5.41, 5.74) is 3.79. The maximum atomic E-state index is 12.5. The van der Waals surface area contributed by atoms with Crippen molar-refractivity contribution in [3.63, 3.8) is 0 Å². The average molecular weight is 417 g/mol. The molecule has 29 heavy (non-hydrogen) atoms. The molecule has 0 unspecified atom stereocenters. The summed E-state index contributed by atoms with van der Waals surface area (Å²) in [4.78, 5) is 27.2. The van der Waals surface area contributed by atoms with Crippen LogP contribution in [0.25, 0.3) is 0 Å². The Morgan fingerprint density at radius 3 is 1.93 bits per heavy atom. The molecule has 2 amide bonds. The Labute approximate surface area is 176 Å². The molecular weight excluding hydrogens is 388 g/mol. The van der Waals surface area contributed by atoms with Crippen LogP contribution >= 0.6 is 11.6 Å². The first-order chi connectivity index (χ1) is 13.9. The third-order valence-electron chi connectivity index (χ3n) is 5.34. The van der Waals surface area contributed by atoms with Gasteiger partial charge in [0, 0.05) is 16.4 Å². The zero-order chi connectivity index (χ0) is 20.8. The van der Waals surface area contributed by atoms with Gasteiger partial charge in [-0.3, -0.25) is 9.59 Å². The van der Waals surface area contributed by atoms with Gasteiger partial charge < -0.3 is 20.4 Å². The summed E-state index contributed by atoms with van der Waals surface area (Å²) >= 11 is 5.95. The van der Waals surface area contributed by atoms with Gasteiger partial charge in [0.15, 0.2) is 13.1 Å². The second kappa shape index (κ2) is 9.87. The van der Waals surface area contributed by atoms with E-state index in [4.69, 9.17) is 11.6 Å². The van der Waals surface area contributed by atoms with E-state index in [1.54, 1.807) is 12.1 Å². The topological polar surface area (TPSA) is 67.1 Å². The van der Waals surface area contributed by atoms with E-state index in [1.807, 2.05) is 44.2 Å². The van der Waals surface area contributed by atoms with Gasteiger partial charge in [-0.15, -0.1) is 0 Å². The highest BCUT2D eigenvalue weighted by atomic mass is 35.5. The van der Waals surface area contributed by atoms with Crippen LogP contribution < -0.4 is 20.4 Å². The molecular formula is C22H29ClN4O2+2. The molecule has 0 bridgehead atoms. The summed E-state index contributed by atoms with van der Waals surface area (Å²) < 4.78 is 0. The standard InChI is InChI=1S/C22H27ClN4O2/c1-16-5-3-6-17(2)22(16)25-21(29)15-27-11-9-26(10-12-27)14-20(28)24-19-8-4-7-18(23)13-19/h3-8,13H,9-12,14-15H2,1-2H3,(H,24,28)(H,25,29)/p+2. The number of piperazine rings is 1. The van der Waals surface area contributed by atoms with Crippen LogP contribution in [0.15, 0.2) is 42.5 Å². The van der Waals surface area contributed by atoms with E-state index in [9.17, 15) is 9.59 Å². The molecule has 0 aliphatic carbocycles. The molecule has 2 aromatic rings. The van der Waals surface area contributed by atoms with Crippen molar-refractivity contribution in [2.75, 3.05) is 49.9 Å². The Kier molecular flexibility index (Phi) is 7.25.